The first-order valence-corrected chi connectivity index (χ1v) is 8.48. The Labute approximate surface area is 131 Å². The predicted molar refractivity (Wildman–Crippen MR) is 83.2 cm³/mol. The van der Waals surface area contributed by atoms with Crippen LogP contribution in [0.25, 0.3) is 0 Å². The zero-order valence-electron chi connectivity index (χ0n) is 12.6. The van der Waals surface area contributed by atoms with E-state index in [9.17, 15) is 4.79 Å². The molecule has 4 aliphatic rings. The summed E-state index contributed by atoms with van der Waals surface area (Å²) in [6.07, 6.45) is 11.3. The van der Waals surface area contributed by atoms with E-state index in [0.29, 0.717) is 22.6 Å². The van der Waals surface area contributed by atoms with Gasteiger partial charge in [0, 0.05) is 24.2 Å². The van der Waals surface area contributed by atoms with Gasteiger partial charge in [-0.1, -0.05) is 18.5 Å². The fourth-order valence-electron chi connectivity index (χ4n) is 5.95. The van der Waals surface area contributed by atoms with E-state index in [4.69, 9.17) is 11.6 Å². The van der Waals surface area contributed by atoms with Crippen molar-refractivity contribution in [3.05, 3.63) is 29.0 Å². The molecule has 0 saturated heterocycles. The molecule has 2 nitrogen and oxygen atoms in total. The number of rotatable bonds is 3. The molecule has 4 bridgehead atoms. The number of carbonyl (C=O) groups is 1. The van der Waals surface area contributed by atoms with Crippen LogP contribution in [0.2, 0.25) is 5.02 Å². The highest BCUT2D eigenvalue weighted by Gasteiger charge is 2.58. The molecule has 1 aromatic heterocycles. The van der Waals surface area contributed by atoms with Crippen LogP contribution in [0, 0.1) is 22.7 Å². The summed E-state index contributed by atoms with van der Waals surface area (Å²) in [6, 6.07) is 1.89. The maximum Gasteiger partial charge on any atom is 0.143 e. The van der Waals surface area contributed by atoms with Crippen LogP contribution in [-0.4, -0.2) is 10.8 Å². The van der Waals surface area contributed by atoms with E-state index in [-0.39, 0.29) is 5.41 Å². The van der Waals surface area contributed by atoms with Crippen molar-refractivity contribution in [2.24, 2.45) is 22.7 Å². The van der Waals surface area contributed by atoms with Gasteiger partial charge in [0.25, 0.3) is 0 Å². The van der Waals surface area contributed by atoms with E-state index in [1.807, 2.05) is 6.07 Å². The quantitative estimate of drug-likeness (QED) is 0.825. The molecule has 1 heterocycles. The van der Waals surface area contributed by atoms with Gasteiger partial charge in [0.15, 0.2) is 0 Å². The van der Waals surface area contributed by atoms with Crippen molar-refractivity contribution in [1.29, 1.82) is 0 Å². The topological polar surface area (TPSA) is 30.0 Å². The second kappa shape index (κ2) is 4.55. The third-order valence-corrected chi connectivity index (χ3v) is 6.49. The Balaban J connectivity index is 1.61. The van der Waals surface area contributed by atoms with Gasteiger partial charge in [-0.3, -0.25) is 9.78 Å². The van der Waals surface area contributed by atoms with Crippen molar-refractivity contribution in [3.63, 3.8) is 0 Å². The predicted octanol–water partition coefficient (Wildman–Crippen LogP) is 4.45. The monoisotopic (exact) mass is 303 g/mol. The molecule has 1 aromatic rings. The number of Topliss-reactive ketones (excluding diaryl/α,β-unsaturated/α-hetero) is 1. The number of carbonyl (C=O) groups excluding carboxylic acids is 1. The summed E-state index contributed by atoms with van der Waals surface area (Å²) < 4.78 is 0. The summed E-state index contributed by atoms with van der Waals surface area (Å²) in [4.78, 5) is 17.1. The molecule has 2 atom stereocenters. The zero-order valence-corrected chi connectivity index (χ0v) is 13.3. The molecule has 0 radical (unpaired) electrons. The summed E-state index contributed by atoms with van der Waals surface area (Å²) in [5.74, 6) is 2.00. The lowest BCUT2D eigenvalue weighted by Gasteiger charge is -2.60. The molecular weight excluding hydrogens is 282 g/mol. The lowest BCUT2D eigenvalue weighted by molar-refractivity contribution is -0.152. The van der Waals surface area contributed by atoms with Crippen molar-refractivity contribution in [2.45, 2.75) is 51.9 Å². The van der Waals surface area contributed by atoms with Gasteiger partial charge in [-0.25, -0.2) is 0 Å². The molecule has 4 fully saturated rings. The highest BCUT2D eigenvalue weighted by Crippen LogP contribution is 2.65. The van der Waals surface area contributed by atoms with Crippen LogP contribution in [0.3, 0.4) is 0 Å². The SMILES string of the molecule is CC12CC3CC(C1)CC(C(=O)Cc1ccncc1Cl)(C3)C2. The van der Waals surface area contributed by atoms with Crippen LogP contribution in [0.1, 0.15) is 51.0 Å². The second-order valence-electron chi connectivity index (χ2n) is 8.12. The Hall–Kier alpha value is -0.890. The van der Waals surface area contributed by atoms with Crippen LogP contribution >= 0.6 is 11.6 Å². The smallest absolute Gasteiger partial charge is 0.143 e. The van der Waals surface area contributed by atoms with Crippen molar-refractivity contribution in [2.75, 3.05) is 0 Å². The number of hydrogen-bond donors (Lipinski definition) is 0. The van der Waals surface area contributed by atoms with Crippen LogP contribution in [0.15, 0.2) is 18.5 Å². The normalized spacial score (nSPS) is 40.5. The lowest BCUT2D eigenvalue weighted by Crippen LogP contribution is -2.54. The van der Waals surface area contributed by atoms with Gasteiger partial charge < -0.3 is 0 Å². The molecule has 0 amide bonds. The number of hydrogen-bond acceptors (Lipinski definition) is 2. The van der Waals surface area contributed by atoms with E-state index in [1.54, 1.807) is 12.4 Å². The van der Waals surface area contributed by atoms with Gasteiger partial charge in [-0.05, 0) is 67.4 Å². The van der Waals surface area contributed by atoms with Crippen LogP contribution in [0.4, 0.5) is 0 Å². The van der Waals surface area contributed by atoms with Gasteiger partial charge in [0.1, 0.15) is 5.78 Å². The Bertz CT molecular complexity index is 583. The van der Waals surface area contributed by atoms with E-state index >= 15 is 0 Å². The highest BCUT2D eigenvalue weighted by molar-refractivity contribution is 6.31. The van der Waals surface area contributed by atoms with Gasteiger partial charge in [-0.2, -0.15) is 0 Å². The van der Waals surface area contributed by atoms with Gasteiger partial charge >= 0.3 is 0 Å². The third kappa shape index (κ3) is 2.23. The first-order chi connectivity index (χ1) is 9.98. The largest absolute Gasteiger partial charge is 0.299 e. The summed E-state index contributed by atoms with van der Waals surface area (Å²) in [5, 5.41) is 0.627. The highest BCUT2D eigenvalue weighted by atomic mass is 35.5. The minimum Gasteiger partial charge on any atom is -0.299 e. The Kier molecular flexibility index (Phi) is 2.98. The molecular formula is C18H22ClNO. The van der Waals surface area contributed by atoms with Crippen molar-refractivity contribution in [3.8, 4) is 0 Å². The average molecular weight is 304 g/mol. The van der Waals surface area contributed by atoms with Crippen molar-refractivity contribution < 1.29 is 4.79 Å². The van der Waals surface area contributed by atoms with Crippen molar-refractivity contribution >= 4 is 17.4 Å². The fraction of sp³-hybridized carbons (Fsp3) is 0.667. The molecule has 112 valence electrons. The minimum absolute atomic E-state index is 0.0502. The number of halogens is 1. The molecule has 21 heavy (non-hydrogen) atoms. The summed E-state index contributed by atoms with van der Waals surface area (Å²) in [6.45, 7) is 2.41. The van der Waals surface area contributed by atoms with Gasteiger partial charge in [0.05, 0.1) is 5.02 Å². The minimum atomic E-state index is -0.0502. The maximum absolute atomic E-state index is 13.1. The van der Waals surface area contributed by atoms with Crippen LogP contribution < -0.4 is 0 Å². The number of aromatic nitrogens is 1. The lowest BCUT2D eigenvalue weighted by atomic mass is 9.43. The van der Waals surface area contributed by atoms with E-state index in [2.05, 4.69) is 11.9 Å². The summed E-state index contributed by atoms with van der Waals surface area (Å²) >= 11 is 6.19. The Morgan fingerprint density at radius 2 is 2.05 bits per heavy atom. The fourth-order valence-corrected chi connectivity index (χ4v) is 6.14. The zero-order chi connectivity index (χ0) is 14.7. The molecule has 0 N–H and O–H groups in total. The molecule has 0 aliphatic heterocycles. The second-order valence-corrected chi connectivity index (χ2v) is 8.53. The van der Waals surface area contributed by atoms with E-state index < -0.39 is 0 Å². The number of ketones is 1. The maximum atomic E-state index is 13.1. The van der Waals surface area contributed by atoms with E-state index in [0.717, 1.165) is 36.7 Å². The molecule has 2 unspecified atom stereocenters. The molecule has 4 aliphatic carbocycles. The van der Waals surface area contributed by atoms with Crippen LogP contribution in [0.5, 0.6) is 0 Å². The molecule has 0 spiro atoms. The molecule has 4 saturated carbocycles. The number of pyridine rings is 1. The van der Waals surface area contributed by atoms with Gasteiger partial charge in [-0.15, -0.1) is 0 Å². The van der Waals surface area contributed by atoms with Crippen LogP contribution in [-0.2, 0) is 11.2 Å². The standard InChI is InChI=1S/C18H22ClNO/c1-17-6-12-4-13(7-17)9-18(8-12,11-17)16(21)5-14-2-3-20-10-15(14)19/h2-3,10,12-13H,4-9,11H2,1H3. The Morgan fingerprint density at radius 3 is 2.67 bits per heavy atom. The first kappa shape index (κ1) is 13.8. The average Bonchev–Trinajstić information content (AvgIpc) is 2.38. The number of nitrogens with zero attached hydrogens (tertiary/aromatic N) is 1. The molecule has 0 aromatic carbocycles. The Morgan fingerprint density at radius 1 is 1.33 bits per heavy atom. The molecule has 5 rings (SSSR count). The molecule has 3 heteroatoms. The van der Waals surface area contributed by atoms with Gasteiger partial charge in [0.2, 0.25) is 0 Å². The summed E-state index contributed by atoms with van der Waals surface area (Å²) in [7, 11) is 0. The first-order valence-electron chi connectivity index (χ1n) is 8.10. The van der Waals surface area contributed by atoms with E-state index in [1.165, 1.54) is 19.3 Å². The third-order valence-electron chi connectivity index (χ3n) is 6.15. The van der Waals surface area contributed by atoms with Crippen molar-refractivity contribution in [1.82, 2.24) is 4.98 Å². The summed E-state index contributed by atoms with van der Waals surface area (Å²) in [5.41, 5.74) is 1.31.